The van der Waals surface area contributed by atoms with Crippen molar-refractivity contribution in [2.75, 3.05) is 5.75 Å². The largest absolute Gasteiger partial charge is 0.302 e. The molecule has 0 heterocycles. The Labute approximate surface area is 71.1 Å². The molecule has 1 fully saturated rings. The molecule has 0 N–H and O–H groups in total. The average molecular weight is 187 g/mol. The van der Waals surface area contributed by atoms with Gasteiger partial charge in [0.25, 0.3) is 0 Å². The third kappa shape index (κ3) is 1.12. The van der Waals surface area contributed by atoms with E-state index in [1.165, 1.54) is 6.92 Å². The van der Waals surface area contributed by atoms with Crippen LogP contribution in [0.25, 0.3) is 0 Å². The molecule has 0 unspecified atom stereocenters. The van der Waals surface area contributed by atoms with Crippen LogP contribution in [0.1, 0.15) is 13.3 Å². The van der Waals surface area contributed by atoms with Gasteiger partial charge >= 0.3 is 0 Å². The molecular weight excluding hydrogens is 178 g/mol. The van der Waals surface area contributed by atoms with Crippen molar-refractivity contribution in [3.05, 3.63) is 0 Å². The Morgan fingerprint density at radius 2 is 2.33 bits per heavy atom. The molecule has 1 aliphatic rings. The zero-order valence-electron chi connectivity index (χ0n) is 6.65. The van der Waals surface area contributed by atoms with Crippen molar-refractivity contribution in [3.8, 4) is 6.07 Å². The average Bonchev–Trinajstić information content (AvgIpc) is 2.80. The molecule has 4 nitrogen and oxygen atoms in total. The summed E-state index contributed by atoms with van der Waals surface area (Å²) in [5, 5.41) is 7.79. The maximum Gasteiger partial charge on any atom is 0.154 e. The molecule has 0 aliphatic heterocycles. The number of sulfone groups is 1. The molecule has 1 rings (SSSR count). The summed E-state index contributed by atoms with van der Waals surface area (Å²) >= 11 is 0. The fourth-order valence-corrected chi connectivity index (χ4v) is 2.85. The number of aldehydes is 1. The van der Waals surface area contributed by atoms with Gasteiger partial charge < -0.3 is 4.79 Å². The molecule has 1 saturated carbocycles. The third-order valence-electron chi connectivity index (χ3n) is 2.19. The van der Waals surface area contributed by atoms with Crippen LogP contribution < -0.4 is 0 Å². The van der Waals surface area contributed by atoms with Crippen molar-refractivity contribution < 1.29 is 13.2 Å². The van der Waals surface area contributed by atoms with Gasteiger partial charge in [-0.3, -0.25) is 0 Å². The first-order chi connectivity index (χ1) is 5.52. The SMILES string of the molecule is CCS(=O)(=O)[C@@H]1C[C@@]1(C#N)C=O. The first-order valence-electron chi connectivity index (χ1n) is 3.61. The minimum atomic E-state index is -3.21. The van der Waals surface area contributed by atoms with Crippen LogP contribution in [-0.2, 0) is 14.6 Å². The van der Waals surface area contributed by atoms with Gasteiger partial charge in [0.05, 0.1) is 11.3 Å². The van der Waals surface area contributed by atoms with Gasteiger partial charge in [0.1, 0.15) is 11.7 Å². The summed E-state index contributed by atoms with van der Waals surface area (Å²) in [6.07, 6.45) is 0.619. The van der Waals surface area contributed by atoms with Gasteiger partial charge in [-0.2, -0.15) is 5.26 Å². The minimum Gasteiger partial charge on any atom is -0.302 e. The van der Waals surface area contributed by atoms with Crippen molar-refractivity contribution >= 4 is 16.1 Å². The maximum atomic E-state index is 11.2. The fraction of sp³-hybridized carbons (Fsp3) is 0.714. The highest BCUT2D eigenvalue weighted by Crippen LogP contribution is 2.48. The zero-order chi connectivity index (χ0) is 9.41. The Bertz CT molecular complexity index is 340. The van der Waals surface area contributed by atoms with E-state index in [1.54, 1.807) is 6.07 Å². The van der Waals surface area contributed by atoms with E-state index in [2.05, 4.69) is 0 Å². The molecule has 0 aromatic rings. The van der Waals surface area contributed by atoms with Gasteiger partial charge in [0.2, 0.25) is 0 Å². The summed E-state index contributed by atoms with van der Waals surface area (Å²) in [4.78, 5) is 10.4. The molecule has 0 radical (unpaired) electrons. The van der Waals surface area contributed by atoms with Gasteiger partial charge in [-0.05, 0) is 6.42 Å². The fourth-order valence-electron chi connectivity index (χ4n) is 1.16. The van der Waals surface area contributed by atoms with Gasteiger partial charge in [-0.25, -0.2) is 8.42 Å². The van der Waals surface area contributed by atoms with Crippen LogP contribution in [0.3, 0.4) is 0 Å². The number of hydrogen-bond donors (Lipinski definition) is 0. The molecule has 12 heavy (non-hydrogen) atoms. The van der Waals surface area contributed by atoms with Gasteiger partial charge in [-0.15, -0.1) is 0 Å². The zero-order valence-corrected chi connectivity index (χ0v) is 7.47. The maximum absolute atomic E-state index is 11.2. The first kappa shape index (κ1) is 9.20. The Balaban J connectivity index is 2.90. The third-order valence-corrected chi connectivity index (χ3v) is 4.45. The first-order valence-corrected chi connectivity index (χ1v) is 5.33. The van der Waals surface area contributed by atoms with E-state index in [0.29, 0.717) is 6.29 Å². The summed E-state index contributed by atoms with van der Waals surface area (Å²) in [6, 6.07) is 1.75. The summed E-state index contributed by atoms with van der Waals surface area (Å²) in [5.74, 6) is -0.00502. The summed E-state index contributed by atoms with van der Waals surface area (Å²) in [6.45, 7) is 1.51. The molecule has 2 atom stereocenters. The lowest BCUT2D eigenvalue weighted by molar-refractivity contribution is -0.110. The quantitative estimate of drug-likeness (QED) is 0.578. The molecule has 0 aromatic carbocycles. The number of carbonyl (C=O) groups is 1. The van der Waals surface area contributed by atoms with E-state index in [4.69, 9.17) is 5.26 Å². The van der Waals surface area contributed by atoms with Crippen LogP contribution in [0.15, 0.2) is 0 Å². The van der Waals surface area contributed by atoms with E-state index < -0.39 is 20.5 Å². The molecule has 5 heteroatoms. The lowest BCUT2D eigenvalue weighted by Gasteiger charge is -1.98. The predicted octanol–water partition coefficient (Wildman–Crippen LogP) is -0.0977. The van der Waals surface area contributed by atoms with Crippen molar-refractivity contribution in [2.45, 2.75) is 18.6 Å². The normalized spacial score (nSPS) is 33.8. The predicted molar refractivity (Wildman–Crippen MR) is 42.0 cm³/mol. The van der Waals surface area contributed by atoms with Gasteiger partial charge in [0.15, 0.2) is 9.84 Å². The van der Waals surface area contributed by atoms with Crippen LogP contribution in [0.4, 0.5) is 0 Å². The van der Waals surface area contributed by atoms with E-state index in [0.717, 1.165) is 0 Å². The standard InChI is InChI=1S/C7H9NO3S/c1-2-12(10,11)6-3-7(6,4-8)5-9/h5-6H,2-3H2,1H3/t6-,7-/m1/s1. The highest BCUT2D eigenvalue weighted by Gasteiger charge is 2.61. The van der Waals surface area contributed by atoms with E-state index in [9.17, 15) is 13.2 Å². The van der Waals surface area contributed by atoms with E-state index >= 15 is 0 Å². The summed E-state index contributed by atoms with van der Waals surface area (Å²) < 4.78 is 22.4. The van der Waals surface area contributed by atoms with Crippen LogP contribution in [0.2, 0.25) is 0 Å². The van der Waals surface area contributed by atoms with Gasteiger partial charge in [0, 0.05) is 5.75 Å². The molecule has 1 aliphatic carbocycles. The summed E-state index contributed by atoms with van der Waals surface area (Å²) in [5.41, 5.74) is -1.23. The molecule has 0 amide bonds. The van der Waals surface area contributed by atoms with E-state index in [1.807, 2.05) is 0 Å². The Morgan fingerprint density at radius 3 is 2.58 bits per heavy atom. The molecule has 0 saturated heterocycles. The number of rotatable bonds is 3. The lowest BCUT2D eigenvalue weighted by Crippen LogP contribution is -2.17. The van der Waals surface area contributed by atoms with Crippen LogP contribution in [0.5, 0.6) is 0 Å². The number of hydrogen-bond acceptors (Lipinski definition) is 4. The molecule has 0 aromatic heterocycles. The van der Waals surface area contributed by atoms with Crippen molar-refractivity contribution in [2.24, 2.45) is 5.41 Å². The van der Waals surface area contributed by atoms with Crippen LogP contribution in [-0.4, -0.2) is 25.7 Å². The molecule has 0 spiro atoms. The summed E-state index contributed by atoms with van der Waals surface area (Å²) in [7, 11) is -3.21. The second-order valence-electron chi connectivity index (χ2n) is 2.91. The lowest BCUT2D eigenvalue weighted by atomic mass is 10.2. The molecule has 66 valence electrons. The highest BCUT2D eigenvalue weighted by atomic mass is 32.2. The van der Waals surface area contributed by atoms with Crippen molar-refractivity contribution in [1.82, 2.24) is 0 Å². The number of carbonyl (C=O) groups excluding carboxylic acids is 1. The minimum absolute atomic E-state index is 0.00502. The number of nitriles is 1. The topological polar surface area (TPSA) is 75.0 Å². The van der Waals surface area contributed by atoms with Crippen LogP contribution >= 0.6 is 0 Å². The Morgan fingerprint density at radius 1 is 1.75 bits per heavy atom. The van der Waals surface area contributed by atoms with E-state index in [-0.39, 0.29) is 12.2 Å². The van der Waals surface area contributed by atoms with Crippen molar-refractivity contribution in [3.63, 3.8) is 0 Å². The monoisotopic (exact) mass is 187 g/mol. The van der Waals surface area contributed by atoms with Crippen molar-refractivity contribution in [1.29, 1.82) is 5.26 Å². The molecular formula is C7H9NO3S. The number of nitrogens with zero attached hydrogens (tertiary/aromatic N) is 1. The van der Waals surface area contributed by atoms with Gasteiger partial charge in [-0.1, -0.05) is 6.92 Å². The van der Waals surface area contributed by atoms with Crippen LogP contribution in [0, 0.1) is 16.7 Å². The Hall–Kier alpha value is -0.890. The highest BCUT2D eigenvalue weighted by molar-refractivity contribution is 7.92. The smallest absolute Gasteiger partial charge is 0.154 e. The molecule has 0 bridgehead atoms. The Kier molecular flexibility index (Phi) is 1.96. The second-order valence-corrected chi connectivity index (χ2v) is 5.39. The second kappa shape index (κ2) is 2.56.